The third-order valence-electron chi connectivity index (χ3n) is 3.61. The summed E-state index contributed by atoms with van der Waals surface area (Å²) >= 11 is 3.61. The summed E-state index contributed by atoms with van der Waals surface area (Å²) in [6.45, 7) is 5.95. The normalized spacial score (nSPS) is 16.2. The maximum atomic E-state index is 4.59. The lowest BCUT2D eigenvalue weighted by molar-refractivity contribution is 0.359. The molecule has 1 aliphatic rings. The Labute approximate surface area is 123 Å². The number of rotatable bonds is 1. The Morgan fingerprint density at radius 1 is 1.21 bits per heavy atom. The molecule has 0 bridgehead atoms. The van der Waals surface area contributed by atoms with E-state index >= 15 is 0 Å². The lowest BCUT2D eigenvalue weighted by atomic mass is 9.95. The van der Waals surface area contributed by atoms with Crippen LogP contribution in [0.4, 0.5) is 0 Å². The third kappa shape index (κ3) is 2.99. The highest BCUT2D eigenvalue weighted by Gasteiger charge is 2.19. The molecule has 1 aliphatic carbocycles. The Morgan fingerprint density at radius 3 is 2.58 bits per heavy atom. The molecule has 1 saturated carbocycles. The molecule has 0 atom stereocenters. The summed E-state index contributed by atoms with van der Waals surface area (Å²) < 4.78 is 3.45. The second-order valence-electron chi connectivity index (χ2n) is 4.83. The first-order valence-corrected chi connectivity index (χ1v) is 8.04. The summed E-state index contributed by atoms with van der Waals surface area (Å²) in [5.74, 6) is 0.847. The summed E-state index contributed by atoms with van der Waals surface area (Å²) in [4.78, 5) is 8.87. The first kappa shape index (κ1) is 14.5. The Morgan fingerprint density at radius 2 is 1.89 bits per heavy atom. The fourth-order valence-corrected chi connectivity index (χ4v) is 3.21. The Kier molecular flexibility index (Phi) is 4.97. The molecule has 0 N–H and O–H groups in total. The molecule has 0 spiro atoms. The van der Waals surface area contributed by atoms with Crippen molar-refractivity contribution in [2.45, 2.75) is 58.9 Å². The van der Waals surface area contributed by atoms with Crippen LogP contribution in [0.15, 0.2) is 16.9 Å². The molecule has 19 heavy (non-hydrogen) atoms. The van der Waals surface area contributed by atoms with Gasteiger partial charge in [0.1, 0.15) is 11.5 Å². The van der Waals surface area contributed by atoms with E-state index in [0.717, 1.165) is 21.3 Å². The van der Waals surface area contributed by atoms with Gasteiger partial charge in [-0.3, -0.25) is 0 Å². The average Bonchev–Trinajstić information content (AvgIpc) is 2.79. The average molecular weight is 324 g/mol. The third-order valence-corrected chi connectivity index (χ3v) is 4.24. The van der Waals surface area contributed by atoms with Crippen LogP contribution in [0.25, 0.3) is 11.0 Å². The molecule has 4 heteroatoms. The van der Waals surface area contributed by atoms with Crippen LogP contribution in [0.5, 0.6) is 0 Å². The van der Waals surface area contributed by atoms with Crippen LogP contribution >= 0.6 is 15.9 Å². The highest BCUT2D eigenvalue weighted by Crippen LogP contribution is 2.33. The van der Waals surface area contributed by atoms with Crippen LogP contribution in [0.2, 0.25) is 0 Å². The van der Waals surface area contributed by atoms with E-state index in [0.29, 0.717) is 6.04 Å². The summed E-state index contributed by atoms with van der Waals surface area (Å²) in [7, 11) is 0. The maximum absolute atomic E-state index is 4.59. The second kappa shape index (κ2) is 6.51. The van der Waals surface area contributed by atoms with E-state index in [4.69, 9.17) is 0 Å². The summed E-state index contributed by atoms with van der Waals surface area (Å²) in [5, 5.41) is 1.13. The molecule has 3 nitrogen and oxygen atoms in total. The van der Waals surface area contributed by atoms with Crippen LogP contribution in [0.1, 0.15) is 57.8 Å². The Hall–Kier alpha value is -0.900. The van der Waals surface area contributed by atoms with E-state index in [9.17, 15) is 0 Å². The molecule has 0 aliphatic heterocycles. The molecule has 0 aromatic carbocycles. The van der Waals surface area contributed by atoms with Gasteiger partial charge in [-0.1, -0.05) is 33.1 Å². The van der Waals surface area contributed by atoms with Gasteiger partial charge in [0, 0.05) is 22.9 Å². The van der Waals surface area contributed by atoms with Crippen LogP contribution in [-0.4, -0.2) is 14.5 Å². The zero-order chi connectivity index (χ0) is 13.8. The van der Waals surface area contributed by atoms with Gasteiger partial charge in [0.05, 0.1) is 5.39 Å². The minimum atomic E-state index is 0.617. The number of hydrogen-bond acceptors (Lipinski definition) is 2. The number of halogens is 1. The van der Waals surface area contributed by atoms with Crippen LogP contribution in [-0.2, 0) is 0 Å². The molecule has 1 fully saturated rings. The van der Waals surface area contributed by atoms with E-state index < -0.39 is 0 Å². The molecule has 0 amide bonds. The molecule has 0 saturated heterocycles. The van der Waals surface area contributed by atoms with Gasteiger partial charge in [-0.05, 0) is 35.7 Å². The van der Waals surface area contributed by atoms with Crippen LogP contribution < -0.4 is 0 Å². The van der Waals surface area contributed by atoms with Crippen molar-refractivity contribution in [2.75, 3.05) is 0 Å². The number of fused-ring (bicyclic) bond motifs is 1. The summed E-state index contributed by atoms with van der Waals surface area (Å²) in [5.41, 5.74) is 1.08. The number of hydrogen-bond donors (Lipinski definition) is 0. The van der Waals surface area contributed by atoms with Gasteiger partial charge in [-0.2, -0.15) is 0 Å². The molecule has 0 radical (unpaired) electrons. The lowest BCUT2D eigenvalue weighted by Gasteiger charge is -2.23. The Bertz CT molecular complexity index is 542. The highest BCUT2D eigenvalue weighted by atomic mass is 79.9. The van der Waals surface area contributed by atoms with E-state index in [1.54, 1.807) is 0 Å². The second-order valence-corrected chi connectivity index (χ2v) is 5.68. The van der Waals surface area contributed by atoms with Gasteiger partial charge >= 0.3 is 0 Å². The summed E-state index contributed by atoms with van der Waals surface area (Å²) in [6.07, 6.45) is 10.7. The molecule has 3 rings (SSSR count). The molecule has 104 valence electrons. The largest absolute Gasteiger partial charge is 0.328 e. The standard InChI is InChI=1S/C13H16BrN3.C2H6/c1-9-15-7-11-12(14)8-17(13(11)16-9)10-5-3-2-4-6-10;1-2/h7-8,10H,2-6H2,1H3;1-2H3. The lowest BCUT2D eigenvalue weighted by Crippen LogP contribution is -2.12. The fraction of sp³-hybridized carbons (Fsp3) is 0.600. The smallest absolute Gasteiger partial charge is 0.145 e. The SMILES string of the molecule is CC.Cc1ncc2c(Br)cn(C3CCCCC3)c2n1. The molecule has 2 aromatic rings. The molecule has 2 aromatic heterocycles. The van der Waals surface area contributed by atoms with Crippen LogP contribution in [0, 0.1) is 6.92 Å². The van der Waals surface area contributed by atoms with E-state index in [1.165, 1.54) is 32.1 Å². The first-order chi connectivity index (χ1) is 9.25. The summed E-state index contributed by atoms with van der Waals surface area (Å²) in [6, 6.07) is 0.617. The first-order valence-electron chi connectivity index (χ1n) is 7.25. The van der Waals surface area contributed by atoms with Crippen molar-refractivity contribution < 1.29 is 0 Å². The predicted molar refractivity (Wildman–Crippen MR) is 83.4 cm³/mol. The monoisotopic (exact) mass is 323 g/mol. The quantitative estimate of drug-likeness (QED) is 0.736. The van der Waals surface area contributed by atoms with Crippen molar-refractivity contribution in [1.82, 2.24) is 14.5 Å². The topological polar surface area (TPSA) is 30.7 Å². The number of nitrogens with zero attached hydrogens (tertiary/aromatic N) is 3. The zero-order valence-electron chi connectivity index (χ0n) is 12.0. The Balaban J connectivity index is 0.000000637. The van der Waals surface area contributed by atoms with E-state index in [1.807, 2.05) is 27.0 Å². The molecule has 0 unspecified atom stereocenters. The van der Waals surface area contributed by atoms with Crippen molar-refractivity contribution >= 4 is 27.0 Å². The minimum Gasteiger partial charge on any atom is -0.328 e. The van der Waals surface area contributed by atoms with Crippen molar-refractivity contribution in [3.63, 3.8) is 0 Å². The van der Waals surface area contributed by atoms with Crippen molar-refractivity contribution in [2.24, 2.45) is 0 Å². The number of aryl methyl sites for hydroxylation is 1. The van der Waals surface area contributed by atoms with Crippen molar-refractivity contribution in [3.8, 4) is 0 Å². The van der Waals surface area contributed by atoms with Crippen molar-refractivity contribution in [3.05, 3.63) is 22.7 Å². The highest BCUT2D eigenvalue weighted by molar-refractivity contribution is 9.10. The van der Waals surface area contributed by atoms with Gasteiger partial charge in [-0.15, -0.1) is 0 Å². The van der Waals surface area contributed by atoms with Crippen molar-refractivity contribution in [1.29, 1.82) is 0 Å². The predicted octanol–water partition coefficient (Wildman–Crippen LogP) is 5.03. The fourth-order valence-electron chi connectivity index (χ4n) is 2.71. The van der Waals surface area contributed by atoms with Gasteiger partial charge in [-0.25, -0.2) is 9.97 Å². The molecule has 2 heterocycles. The number of aromatic nitrogens is 3. The van der Waals surface area contributed by atoms with Gasteiger partial charge in [0.2, 0.25) is 0 Å². The molecular weight excluding hydrogens is 302 g/mol. The molecular formula is C15H22BrN3. The van der Waals surface area contributed by atoms with E-state index in [-0.39, 0.29) is 0 Å². The van der Waals surface area contributed by atoms with Crippen LogP contribution in [0.3, 0.4) is 0 Å². The van der Waals surface area contributed by atoms with Gasteiger partial charge in [0.25, 0.3) is 0 Å². The maximum Gasteiger partial charge on any atom is 0.145 e. The van der Waals surface area contributed by atoms with Gasteiger partial charge in [0.15, 0.2) is 0 Å². The van der Waals surface area contributed by atoms with Gasteiger partial charge < -0.3 is 4.57 Å². The zero-order valence-corrected chi connectivity index (χ0v) is 13.6. The minimum absolute atomic E-state index is 0.617. The van der Waals surface area contributed by atoms with E-state index in [2.05, 4.69) is 36.7 Å².